The minimum absolute atomic E-state index is 0.0194. The second kappa shape index (κ2) is 10.5. The SMILES string of the molecule is CCc1cccc(-c2cc(Cc3c(C)cc(OCC(=O)N4CCC(C)C4)cc3Cl)ccc2O)c1. The van der Waals surface area contributed by atoms with Crippen molar-refractivity contribution in [2.75, 3.05) is 19.7 Å². The van der Waals surface area contributed by atoms with Gasteiger partial charge < -0.3 is 14.7 Å². The van der Waals surface area contributed by atoms with E-state index in [1.165, 1.54) is 5.56 Å². The van der Waals surface area contributed by atoms with Crippen LogP contribution < -0.4 is 4.74 Å². The number of aryl methyl sites for hydroxylation is 2. The van der Waals surface area contributed by atoms with Crippen LogP contribution in [0, 0.1) is 12.8 Å². The molecule has 0 aromatic heterocycles. The van der Waals surface area contributed by atoms with Gasteiger partial charge >= 0.3 is 0 Å². The summed E-state index contributed by atoms with van der Waals surface area (Å²) in [6, 6.07) is 17.7. The molecule has 4 nitrogen and oxygen atoms in total. The predicted octanol–water partition coefficient (Wildman–Crippen LogP) is 6.42. The summed E-state index contributed by atoms with van der Waals surface area (Å²) in [6.45, 7) is 7.92. The van der Waals surface area contributed by atoms with E-state index in [1.807, 2.05) is 42.2 Å². The monoisotopic (exact) mass is 477 g/mol. The lowest BCUT2D eigenvalue weighted by molar-refractivity contribution is -0.132. The van der Waals surface area contributed by atoms with E-state index in [0.29, 0.717) is 23.1 Å². The Morgan fingerprint density at radius 1 is 1.15 bits per heavy atom. The lowest BCUT2D eigenvalue weighted by atomic mass is 9.95. The molecular formula is C29H32ClNO3. The van der Waals surface area contributed by atoms with E-state index >= 15 is 0 Å². The molecule has 0 spiro atoms. The third kappa shape index (κ3) is 5.56. The lowest BCUT2D eigenvalue weighted by Crippen LogP contribution is -2.32. The number of hydrogen-bond acceptors (Lipinski definition) is 3. The molecule has 0 saturated carbocycles. The first-order valence-electron chi connectivity index (χ1n) is 11.9. The summed E-state index contributed by atoms with van der Waals surface area (Å²) in [5.74, 6) is 1.44. The summed E-state index contributed by atoms with van der Waals surface area (Å²) in [7, 11) is 0. The number of carbonyl (C=O) groups excluding carboxylic acids is 1. The van der Waals surface area contributed by atoms with Gasteiger partial charge in [-0.25, -0.2) is 0 Å². The van der Waals surface area contributed by atoms with Crippen molar-refractivity contribution in [3.8, 4) is 22.6 Å². The Balaban J connectivity index is 1.49. The maximum absolute atomic E-state index is 12.4. The number of nitrogens with zero attached hydrogens (tertiary/aromatic N) is 1. The van der Waals surface area contributed by atoms with E-state index in [2.05, 4.69) is 26.0 Å². The van der Waals surface area contributed by atoms with Gasteiger partial charge in [-0.15, -0.1) is 0 Å². The average molecular weight is 478 g/mol. The van der Waals surface area contributed by atoms with Crippen molar-refractivity contribution in [1.29, 1.82) is 0 Å². The summed E-state index contributed by atoms with van der Waals surface area (Å²) in [6.07, 6.45) is 2.63. The highest BCUT2D eigenvalue weighted by Crippen LogP contribution is 2.33. The molecule has 1 unspecified atom stereocenters. The van der Waals surface area contributed by atoms with Crippen molar-refractivity contribution in [2.24, 2.45) is 5.92 Å². The Labute approximate surface area is 207 Å². The van der Waals surface area contributed by atoms with Gasteiger partial charge in [-0.2, -0.15) is 0 Å². The molecule has 1 N–H and O–H groups in total. The van der Waals surface area contributed by atoms with E-state index in [0.717, 1.165) is 53.7 Å². The number of phenols is 1. The Bertz CT molecular complexity index is 1170. The number of likely N-dealkylation sites (tertiary alicyclic amines) is 1. The van der Waals surface area contributed by atoms with Crippen LogP contribution in [-0.4, -0.2) is 35.6 Å². The molecule has 5 heteroatoms. The standard InChI is InChI=1S/C29H32ClNO3/c1-4-21-6-5-7-23(13-21)26-15-22(8-9-28(26)32)14-25-20(3)12-24(16-27(25)30)34-18-29(33)31-11-10-19(2)17-31/h5-9,12-13,15-16,19,32H,4,10-11,14,17-18H2,1-3H3. The van der Waals surface area contributed by atoms with Crippen LogP contribution in [0.25, 0.3) is 11.1 Å². The number of benzene rings is 3. The molecule has 3 aromatic rings. The zero-order valence-corrected chi connectivity index (χ0v) is 20.9. The van der Waals surface area contributed by atoms with Gasteiger partial charge in [-0.1, -0.05) is 55.8 Å². The molecule has 1 fully saturated rings. The maximum Gasteiger partial charge on any atom is 0.260 e. The number of aromatic hydroxyl groups is 1. The molecule has 34 heavy (non-hydrogen) atoms. The quantitative estimate of drug-likeness (QED) is 0.427. The molecule has 1 heterocycles. The summed E-state index contributed by atoms with van der Waals surface area (Å²) in [4.78, 5) is 14.3. The first kappa shape index (κ1) is 24.2. The number of ether oxygens (including phenoxy) is 1. The average Bonchev–Trinajstić information content (AvgIpc) is 3.27. The van der Waals surface area contributed by atoms with Crippen LogP contribution in [0.3, 0.4) is 0 Å². The second-order valence-corrected chi connectivity index (χ2v) is 9.71. The number of phenolic OH excluding ortho intramolecular Hbond substituents is 1. The van der Waals surface area contributed by atoms with Crippen LogP contribution in [0.2, 0.25) is 5.02 Å². The van der Waals surface area contributed by atoms with Crippen LogP contribution in [0.5, 0.6) is 11.5 Å². The Kier molecular flexibility index (Phi) is 7.47. The fraction of sp³-hybridized carbons (Fsp3) is 0.345. The fourth-order valence-electron chi connectivity index (χ4n) is 4.53. The molecule has 1 saturated heterocycles. The summed E-state index contributed by atoms with van der Waals surface area (Å²) >= 11 is 6.65. The number of amides is 1. The third-order valence-electron chi connectivity index (χ3n) is 6.62. The molecule has 1 aliphatic rings. The Hall–Kier alpha value is -2.98. The van der Waals surface area contributed by atoms with Gasteiger partial charge in [0.15, 0.2) is 6.61 Å². The van der Waals surface area contributed by atoms with E-state index in [9.17, 15) is 9.90 Å². The highest BCUT2D eigenvalue weighted by molar-refractivity contribution is 6.31. The van der Waals surface area contributed by atoms with Crippen molar-refractivity contribution in [3.05, 3.63) is 81.9 Å². The fourth-order valence-corrected chi connectivity index (χ4v) is 4.86. The summed E-state index contributed by atoms with van der Waals surface area (Å²) < 4.78 is 5.79. The van der Waals surface area contributed by atoms with E-state index in [4.69, 9.17) is 16.3 Å². The topological polar surface area (TPSA) is 49.8 Å². The minimum atomic E-state index is 0.0194. The van der Waals surface area contributed by atoms with Crippen molar-refractivity contribution in [1.82, 2.24) is 4.90 Å². The molecule has 0 radical (unpaired) electrons. The molecule has 0 aliphatic carbocycles. The number of rotatable bonds is 7. The van der Waals surface area contributed by atoms with Crippen LogP contribution in [0.15, 0.2) is 54.6 Å². The van der Waals surface area contributed by atoms with Crippen LogP contribution in [-0.2, 0) is 17.6 Å². The smallest absolute Gasteiger partial charge is 0.260 e. The van der Waals surface area contributed by atoms with Crippen molar-refractivity contribution < 1.29 is 14.6 Å². The highest BCUT2D eigenvalue weighted by Gasteiger charge is 2.23. The highest BCUT2D eigenvalue weighted by atomic mass is 35.5. The van der Waals surface area contributed by atoms with Crippen LogP contribution in [0.1, 0.15) is 42.5 Å². The van der Waals surface area contributed by atoms with Gasteiger partial charge in [0.05, 0.1) is 0 Å². The molecule has 3 aromatic carbocycles. The zero-order valence-electron chi connectivity index (χ0n) is 20.1. The largest absolute Gasteiger partial charge is 0.507 e. The molecule has 1 amide bonds. The van der Waals surface area contributed by atoms with Crippen molar-refractivity contribution in [3.63, 3.8) is 0 Å². The van der Waals surface area contributed by atoms with Crippen molar-refractivity contribution >= 4 is 17.5 Å². The predicted molar refractivity (Wildman–Crippen MR) is 138 cm³/mol. The lowest BCUT2D eigenvalue weighted by Gasteiger charge is -2.17. The first-order valence-corrected chi connectivity index (χ1v) is 12.3. The van der Waals surface area contributed by atoms with E-state index in [-0.39, 0.29) is 18.3 Å². The van der Waals surface area contributed by atoms with E-state index < -0.39 is 0 Å². The molecule has 178 valence electrons. The molecule has 4 rings (SSSR count). The van der Waals surface area contributed by atoms with Crippen LogP contribution >= 0.6 is 11.6 Å². The number of carbonyl (C=O) groups is 1. The molecule has 0 bridgehead atoms. The Morgan fingerprint density at radius 2 is 1.97 bits per heavy atom. The van der Waals surface area contributed by atoms with Gasteiger partial charge in [0, 0.05) is 23.7 Å². The van der Waals surface area contributed by atoms with Gasteiger partial charge in [0.25, 0.3) is 5.91 Å². The van der Waals surface area contributed by atoms with E-state index in [1.54, 1.807) is 12.1 Å². The Morgan fingerprint density at radius 3 is 2.68 bits per heavy atom. The maximum atomic E-state index is 12.4. The third-order valence-corrected chi connectivity index (χ3v) is 6.96. The number of halogens is 1. The second-order valence-electron chi connectivity index (χ2n) is 9.31. The number of hydrogen-bond donors (Lipinski definition) is 1. The normalized spacial score (nSPS) is 15.5. The van der Waals surface area contributed by atoms with Crippen LogP contribution in [0.4, 0.5) is 0 Å². The first-order chi connectivity index (χ1) is 16.3. The van der Waals surface area contributed by atoms with Gasteiger partial charge in [-0.05, 0) is 84.2 Å². The summed E-state index contributed by atoms with van der Waals surface area (Å²) in [5.41, 5.74) is 6.12. The molecule has 1 atom stereocenters. The van der Waals surface area contributed by atoms with Gasteiger partial charge in [0.1, 0.15) is 11.5 Å². The summed E-state index contributed by atoms with van der Waals surface area (Å²) in [5, 5.41) is 11.1. The van der Waals surface area contributed by atoms with Crippen molar-refractivity contribution in [2.45, 2.75) is 40.0 Å². The van der Waals surface area contributed by atoms with Gasteiger partial charge in [-0.3, -0.25) is 4.79 Å². The minimum Gasteiger partial charge on any atom is -0.507 e. The van der Waals surface area contributed by atoms with Gasteiger partial charge in [0.2, 0.25) is 0 Å². The zero-order chi connectivity index (χ0) is 24.2. The molecule has 1 aliphatic heterocycles. The molecular weight excluding hydrogens is 446 g/mol.